The van der Waals surface area contributed by atoms with E-state index in [1.807, 2.05) is 6.92 Å². The van der Waals surface area contributed by atoms with Crippen molar-refractivity contribution in [2.24, 2.45) is 0 Å². The van der Waals surface area contributed by atoms with Crippen LogP contribution in [0, 0.1) is 17.0 Å². The molecule has 0 radical (unpaired) electrons. The zero-order valence-corrected chi connectivity index (χ0v) is 16.5. The second-order valence-electron chi connectivity index (χ2n) is 6.64. The third kappa shape index (κ3) is 4.11. The highest BCUT2D eigenvalue weighted by atomic mass is 16.6. The number of ether oxygens (including phenoxy) is 1. The number of anilines is 1. The van der Waals surface area contributed by atoms with Crippen molar-refractivity contribution in [2.75, 3.05) is 31.6 Å². The molecule has 12 heteroatoms. The van der Waals surface area contributed by atoms with E-state index in [0.717, 1.165) is 0 Å². The van der Waals surface area contributed by atoms with Gasteiger partial charge in [0.15, 0.2) is 0 Å². The fourth-order valence-electron chi connectivity index (χ4n) is 3.16. The molecule has 1 aliphatic rings. The summed E-state index contributed by atoms with van der Waals surface area (Å²) in [5.41, 5.74) is 1.06. The van der Waals surface area contributed by atoms with Gasteiger partial charge in [-0.1, -0.05) is 0 Å². The quantitative estimate of drug-likeness (QED) is 0.559. The average molecular weight is 405 g/mol. The summed E-state index contributed by atoms with van der Waals surface area (Å²) in [6, 6.07) is 0.478. The number of hydrogen-bond acceptors (Lipinski definition) is 7. The molecular formula is C17H23N7O5. The van der Waals surface area contributed by atoms with Crippen LogP contribution in [0.1, 0.15) is 36.1 Å². The Morgan fingerprint density at radius 2 is 2.07 bits per heavy atom. The van der Waals surface area contributed by atoms with Gasteiger partial charge in [0.25, 0.3) is 11.8 Å². The van der Waals surface area contributed by atoms with Gasteiger partial charge in [0.1, 0.15) is 11.7 Å². The lowest BCUT2D eigenvalue weighted by atomic mass is 10.2. The Labute approximate surface area is 166 Å². The monoisotopic (exact) mass is 405 g/mol. The summed E-state index contributed by atoms with van der Waals surface area (Å²) >= 11 is 0. The first-order chi connectivity index (χ1) is 13.8. The van der Waals surface area contributed by atoms with Gasteiger partial charge in [-0.15, -0.1) is 0 Å². The lowest BCUT2D eigenvalue weighted by molar-refractivity contribution is -0.389. The zero-order chi connectivity index (χ0) is 21.1. The first-order valence-corrected chi connectivity index (χ1v) is 9.27. The van der Waals surface area contributed by atoms with Crippen LogP contribution in [0.25, 0.3) is 0 Å². The number of carbonyl (C=O) groups is 2. The molecule has 3 heterocycles. The molecule has 1 unspecified atom stereocenters. The molecule has 0 aromatic carbocycles. The molecule has 0 spiro atoms. The van der Waals surface area contributed by atoms with Crippen LogP contribution in [0.4, 0.5) is 11.5 Å². The van der Waals surface area contributed by atoms with E-state index in [1.54, 1.807) is 18.7 Å². The van der Waals surface area contributed by atoms with Crippen molar-refractivity contribution >= 4 is 23.3 Å². The number of aromatic nitrogens is 4. The molecule has 1 saturated heterocycles. The number of nitrogens with zero attached hydrogens (tertiary/aromatic N) is 6. The number of rotatable bonds is 6. The minimum absolute atomic E-state index is 0.235. The fraction of sp³-hybridized carbons (Fsp3) is 0.529. The van der Waals surface area contributed by atoms with E-state index in [1.165, 1.54) is 21.6 Å². The predicted octanol–water partition coefficient (Wildman–Crippen LogP) is 0.988. The van der Waals surface area contributed by atoms with Gasteiger partial charge in [-0.05, 0) is 25.7 Å². The molecule has 3 rings (SSSR count). The normalized spacial score (nSPS) is 15.2. The van der Waals surface area contributed by atoms with E-state index in [0.29, 0.717) is 44.2 Å². The predicted molar refractivity (Wildman–Crippen MR) is 102 cm³/mol. The molecule has 1 fully saturated rings. The minimum Gasteiger partial charge on any atom is -0.378 e. The fourth-order valence-corrected chi connectivity index (χ4v) is 3.16. The number of hydrogen-bond donors (Lipinski definition) is 1. The van der Waals surface area contributed by atoms with Crippen molar-refractivity contribution in [3.8, 4) is 0 Å². The number of nitro groups is 1. The highest BCUT2D eigenvalue weighted by molar-refractivity contribution is 6.03. The van der Waals surface area contributed by atoms with Gasteiger partial charge in [-0.2, -0.15) is 9.78 Å². The molecule has 12 nitrogen and oxygen atoms in total. The summed E-state index contributed by atoms with van der Waals surface area (Å²) in [6.45, 7) is 7.37. The summed E-state index contributed by atoms with van der Waals surface area (Å²) in [4.78, 5) is 37.7. The van der Waals surface area contributed by atoms with Gasteiger partial charge < -0.3 is 25.1 Å². The Balaban J connectivity index is 1.82. The van der Waals surface area contributed by atoms with Crippen LogP contribution in [-0.4, -0.2) is 67.5 Å². The summed E-state index contributed by atoms with van der Waals surface area (Å²) in [7, 11) is 0. The molecule has 2 aromatic heterocycles. The number of aryl methyl sites for hydroxylation is 2. The Morgan fingerprint density at radius 3 is 2.66 bits per heavy atom. The Morgan fingerprint density at radius 1 is 1.38 bits per heavy atom. The SMILES string of the molecule is CCn1ncc(NC(=O)C(C)n2nc([N+](=O)[O-])cc2C)c1C(=O)N1CCOCC1. The topological polar surface area (TPSA) is 137 Å². The molecule has 1 atom stereocenters. The Kier molecular flexibility index (Phi) is 5.92. The van der Waals surface area contributed by atoms with Crippen molar-refractivity contribution in [3.63, 3.8) is 0 Å². The smallest absolute Gasteiger partial charge is 0.378 e. The van der Waals surface area contributed by atoms with Crippen molar-refractivity contribution in [3.05, 3.63) is 33.8 Å². The third-order valence-electron chi connectivity index (χ3n) is 4.74. The van der Waals surface area contributed by atoms with Crippen molar-refractivity contribution in [1.29, 1.82) is 0 Å². The largest absolute Gasteiger partial charge is 0.390 e. The molecule has 0 bridgehead atoms. The summed E-state index contributed by atoms with van der Waals surface area (Å²) in [5.74, 6) is -1.02. The van der Waals surface area contributed by atoms with Crippen LogP contribution in [-0.2, 0) is 16.1 Å². The zero-order valence-electron chi connectivity index (χ0n) is 16.5. The van der Waals surface area contributed by atoms with Crippen LogP contribution >= 0.6 is 0 Å². The first kappa shape index (κ1) is 20.5. The summed E-state index contributed by atoms with van der Waals surface area (Å²) in [5, 5.41) is 21.7. The van der Waals surface area contributed by atoms with E-state index >= 15 is 0 Å². The van der Waals surface area contributed by atoms with E-state index in [2.05, 4.69) is 15.5 Å². The molecule has 2 aromatic rings. The molecular weight excluding hydrogens is 382 g/mol. The number of morpholine rings is 1. The average Bonchev–Trinajstić information content (AvgIpc) is 3.30. The summed E-state index contributed by atoms with van der Waals surface area (Å²) in [6.07, 6.45) is 1.43. The van der Waals surface area contributed by atoms with Crippen LogP contribution < -0.4 is 5.32 Å². The summed E-state index contributed by atoms with van der Waals surface area (Å²) < 4.78 is 8.09. The van der Waals surface area contributed by atoms with Gasteiger partial charge in [-0.3, -0.25) is 14.3 Å². The maximum atomic E-state index is 13.0. The molecule has 0 saturated carbocycles. The van der Waals surface area contributed by atoms with Gasteiger partial charge in [0.2, 0.25) is 0 Å². The highest BCUT2D eigenvalue weighted by Gasteiger charge is 2.29. The standard InChI is InChI=1S/C17H23N7O5/c1-4-22-15(17(26)21-5-7-29-8-6-21)13(10-18-22)19-16(25)12(3)23-11(2)9-14(20-23)24(27)28/h9-10,12H,4-8H2,1-3H3,(H,19,25). The molecule has 156 valence electrons. The van der Waals surface area contributed by atoms with Crippen molar-refractivity contribution in [1.82, 2.24) is 24.5 Å². The third-order valence-corrected chi connectivity index (χ3v) is 4.74. The first-order valence-electron chi connectivity index (χ1n) is 9.27. The molecule has 1 aliphatic heterocycles. The van der Waals surface area contributed by atoms with Crippen LogP contribution in [0.3, 0.4) is 0 Å². The maximum absolute atomic E-state index is 13.0. The molecule has 2 amide bonds. The van der Waals surface area contributed by atoms with E-state index in [4.69, 9.17) is 4.74 Å². The lowest BCUT2D eigenvalue weighted by Gasteiger charge is -2.27. The van der Waals surface area contributed by atoms with Crippen LogP contribution in [0.15, 0.2) is 12.3 Å². The molecule has 1 N–H and O–H groups in total. The number of nitrogens with one attached hydrogen (secondary N) is 1. The maximum Gasteiger partial charge on any atom is 0.390 e. The minimum atomic E-state index is -0.819. The van der Waals surface area contributed by atoms with Crippen LogP contribution in [0.2, 0.25) is 0 Å². The van der Waals surface area contributed by atoms with Crippen molar-refractivity contribution < 1.29 is 19.2 Å². The second-order valence-corrected chi connectivity index (χ2v) is 6.64. The van der Waals surface area contributed by atoms with E-state index < -0.39 is 16.9 Å². The molecule has 0 aliphatic carbocycles. The van der Waals surface area contributed by atoms with E-state index in [-0.39, 0.29) is 17.4 Å². The number of carbonyl (C=O) groups excluding carboxylic acids is 2. The second kappa shape index (κ2) is 8.39. The number of amides is 2. The van der Waals surface area contributed by atoms with Gasteiger partial charge in [0.05, 0.1) is 42.0 Å². The van der Waals surface area contributed by atoms with Gasteiger partial charge >= 0.3 is 5.82 Å². The Bertz CT molecular complexity index is 929. The van der Waals surface area contributed by atoms with Crippen LogP contribution in [0.5, 0.6) is 0 Å². The highest BCUT2D eigenvalue weighted by Crippen LogP contribution is 2.21. The molecule has 29 heavy (non-hydrogen) atoms. The van der Waals surface area contributed by atoms with Crippen molar-refractivity contribution in [2.45, 2.75) is 33.4 Å². The van der Waals surface area contributed by atoms with E-state index in [9.17, 15) is 19.7 Å². The van der Waals surface area contributed by atoms with Gasteiger partial charge in [-0.25, -0.2) is 0 Å². The Hall–Kier alpha value is -3.28. The lowest BCUT2D eigenvalue weighted by Crippen LogP contribution is -2.42. The van der Waals surface area contributed by atoms with Gasteiger partial charge in [0, 0.05) is 19.6 Å².